The van der Waals surface area contributed by atoms with E-state index in [0.29, 0.717) is 12.5 Å². The molecule has 0 amide bonds. The van der Waals surface area contributed by atoms with Gasteiger partial charge in [-0.15, -0.1) is 0 Å². The van der Waals surface area contributed by atoms with Gasteiger partial charge in [-0.3, -0.25) is 0 Å². The second-order valence-electron chi connectivity index (χ2n) is 7.25. The molecule has 3 aliphatic carbocycles. The van der Waals surface area contributed by atoms with Gasteiger partial charge in [0.25, 0.3) is 0 Å². The van der Waals surface area contributed by atoms with E-state index in [0.717, 1.165) is 23.7 Å². The summed E-state index contributed by atoms with van der Waals surface area (Å²) >= 11 is 0. The van der Waals surface area contributed by atoms with Crippen molar-refractivity contribution in [3.8, 4) is 0 Å². The lowest BCUT2D eigenvalue weighted by Crippen LogP contribution is -2.30. The fourth-order valence-corrected chi connectivity index (χ4v) is 5.57. The number of fused-ring (bicyclic) bond motifs is 5. The Kier molecular flexibility index (Phi) is 2.94. The van der Waals surface area contributed by atoms with Gasteiger partial charge in [-0.25, -0.2) is 0 Å². The highest BCUT2D eigenvalue weighted by molar-refractivity contribution is 5.31. The summed E-state index contributed by atoms with van der Waals surface area (Å²) in [5.41, 5.74) is 8.53. The first-order chi connectivity index (χ1) is 9.72. The highest BCUT2D eigenvalue weighted by atomic mass is 16.3. The molecule has 0 saturated heterocycles. The molecule has 1 aromatic carbocycles. The zero-order valence-corrected chi connectivity index (χ0v) is 12.2. The van der Waals surface area contributed by atoms with Gasteiger partial charge in [0.2, 0.25) is 0 Å². The number of nitrogens with two attached hydrogens (primary N) is 1. The largest absolute Gasteiger partial charge is 0.392 e. The maximum absolute atomic E-state index is 10.9. The Balaban J connectivity index is 1.56. The van der Waals surface area contributed by atoms with Gasteiger partial charge < -0.3 is 10.8 Å². The average Bonchev–Trinajstić information content (AvgIpc) is 2.89. The molecule has 0 spiro atoms. The molecule has 2 bridgehead atoms. The standard InChI is InChI=1S/C18H25NO/c1-10-4-2-3-5-13(10)14(9-19)18(20)17-15-11-6-7-12(8-11)16(15)17/h2-5,11-12,14-18,20H,6-9,19H2,1H3. The second kappa shape index (κ2) is 4.57. The average molecular weight is 271 g/mol. The molecule has 3 aliphatic rings. The molecule has 6 unspecified atom stereocenters. The van der Waals surface area contributed by atoms with Crippen LogP contribution >= 0.6 is 0 Å². The lowest BCUT2D eigenvalue weighted by molar-refractivity contribution is 0.102. The van der Waals surface area contributed by atoms with E-state index in [1.807, 2.05) is 0 Å². The first-order valence-electron chi connectivity index (χ1n) is 8.16. The highest BCUT2D eigenvalue weighted by Gasteiger charge is 2.67. The summed E-state index contributed by atoms with van der Waals surface area (Å²) in [5, 5.41) is 10.9. The Bertz CT molecular complexity index is 498. The number of aliphatic hydroxyl groups is 1. The van der Waals surface area contributed by atoms with Crippen LogP contribution in [0.25, 0.3) is 0 Å². The fourth-order valence-electron chi connectivity index (χ4n) is 5.57. The van der Waals surface area contributed by atoms with Gasteiger partial charge in [-0.2, -0.15) is 0 Å². The van der Waals surface area contributed by atoms with Crippen LogP contribution in [0.2, 0.25) is 0 Å². The van der Waals surface area contributed by atoms with Crippen LogP contribution in [0, 0.1) is 36.5 Å². The van der Waals surface area contributed by atoms with E-state index in [1.165, 1.54) is 30.4 Å². The van der Waals surface area contributed by atoms with Crippen LogP contribution in [0.5, 0.6) is 0 Å². The molecule has 0 heterocycles. The first-order valence-corrected chi connectivity index (χ1v) is 8.16. The maximum atomic E-state index is 10.9. The molecule has 2 heteroatoms. The quantitative estimate of drug-likeness (QED) is 0.884. The summed E-state index contributed by atoms with van der Waals surface area (Å²) in [5.74, 6) is 4.13. The molecular weight excluding hydrogens is 246 g/mol. The van der Waals surface area contributed by atoms with Gasteiger partial charge in [0.15, 0.2) is 0 Å². The molecule has 3 N–H and O–H groups in total. The molecule has 6 atom stereocenters. The Morgan fingerprint density at radius 3 is 2.45 bits per heavy atom. The normalized spacial score (nSPS) is 40.5. The fraction of sp³-hybridized carbons (Fsp3) is 0.667. The molecule has 0 aliphatic heterocycles. The van der Waals surface area contributed by atoms with Gasteiger partial charge in [0.1, 0.15) is 0 Å². The third-order valence-electron chi connectivity index (χ3n) is 6.44. The molecular formula is C18H25NO. The smallest absolute Gasteiger partial charge is 0.0654 e. The van der Waals surface area contributed by atoms with Crippen molar-refractivity contribution < 1.29 is 5.11 Å². The van der Waals surface area contributed by atoms with Crippen molar-refractivity contribution in [2.45, 2.75) is 38.2 Å². The third kappa shape index (κ3) is 1.71. The van der Waals surface area contributed by atoms with Crippen molar-refractivity contribution in [2.75, 3.05) is 6.54 Å². The number of hydrogen-bond donors (Lipinski definition) is 2. The summed E-state index contributed by atoms with van der Waals surface area (Å²) in [4.78, 5) is 0. The molecule has 3 fully saturated rings. The topological polar surface area (TPSA) is 46.2 Å². The van der Waals surface area contributed by atoms with E-state index in [9.17, 15) is 5.11 Å². The lowest BCUT2D eigenvalue weighted by atomic mass is 9.85. The molecule has 0 aromatic heterocycles. The van der Waals surface area contributed by atoms with E-state index >= 15 is 0 Å². The molecule has 4 rings (SSSR count). The van der Waals surface area contributed by atoms with Crippen molar-refractivity contribution >= 4 is 0 Å². The lowest BCUT2D eigenvalue weighted by Gasteiger charge is -2.25. The van der Waals surface area contributed by atoms with Crippen LogP contribution in [-0.4, -0.2) is 17.8 Å². The molecule has 0 radical (unpaired) electrons. The monoisotopic (exact) mass is 271 g/mol. The number of aliphatic hydroxyl groups excluding tert-OH is 1. The minimum atomic E-state index is -0.237. The van der Waals surface area contributed by atoms with Crippen molar-refractivity contribution in [1.29, 1.82) is 0 Å². The Morgan fingerprint density at radius 2 is 1.85 bits per heavy atom. The Hall–Kier alpha value is -0.860. The summed E-state index contributed by atoms with van der Waals surface area (Å²) in [6.45, 7) is 2.68. The molecule has 1 aromatic rings. The van der Waals surface area contributed by atoms with Crippen LogP contribution in [0.3, 0.4) is 0 Å². The van der Waals surface area contributed by atoms with Crippen LogP contribution in [0.4, 0.5) is 0 Å². The van der Waals surface area contributed by atoms with E-state index in [1.54, 1.807) is 0 Å². The minimum Gasteiger partial charge on any atom is -0.392 e. The van der Waals surface area contributed by atoms with Gasteiger partial charge in [-0.1, -0.05) is 24.3 Å². The Morgan fingerprint density at radius 1 is 1.20 bits per heavy atom. The van der Waals surface area contributed by atoms with Crippen molar-refractivity contribution in [1.82, 2.24) is 0 Å². The second-order valence-corrected chi connectivity index (χ2v) is 7.25. The number of rotatable bonds is 4. The van der Waals surface area contributed by atoms with Crippen LogP contribution in [-0.2, 0) is 0 Å². The maximum Gasteiger partial charge on any atom is 0.0654 e. The molecule has 3 saturated carbocycles. The number of aryl methyl sites for hydroxylation is 1. The number of hydrogen-bond acceptors (Lipinski definition) is 2. The van der Waals surface area contributed by atoms with Gasteiger partial charge in [-0.05, 0) is 66.9 Å². The van der Waals surface area contributed by atoms with E-state index in [4.69, 9.17) is 5.73 Å². The molecule has 2 nitrogen and oxygen atoms in total. The van der Waals surface area contributed by atoms with E-state index < -0.39 is 0 Å². The number of benzene rings is 1. The van der Waals surface area contributed by atoms with Crippen molar-refractivity contribution in [3.05, 3.63) is 35.4 Å². The van der Waals surface area contributed by atoms with Crippen LogP contribution in [0.1, 0.15) is 36.3 Å². The van der Waals surface area contributed by atoms with Gasteiger partial charge in [0.05, 0.1) is 6.10 Å². The van der Waals surface area contributed by atoms with E-state index in [-0.39, 0.29) is 12.0 Å². The third-order valence-corrected chi connectivity index (χ3v) is 6.44. The summed E-state index contributed by atoms with van der Waals surface area (Å²) in [6, 6.07) is 8.39. The zero-order valence-electron chi connectivity index (χ0n) is 12.2. The Labute approximate surface area is 121 Å². The van der Waals surface area contributed by atoms with Crippen LogP contribution in [0.15, 0.2) is 24.3 Å². The van der Waals surface area contributed by atoms with E-state index in [2.05, 4.69) is 31.2 Å². The molecule has 108 valence electrons. The zero-order chi connectivity index (χ0) is 13.9. The summed E-state index contributed by atoms with van der Waals surface area (Å²) in [6.07, 6.45) is 4.02. The SMILES string of the molecule is Cc1ccccc1C(CN)C(O)C1C2C3CCC(C3)C21. The van der Waals surface area contributed by atoms with Gasteiger partial charge in [0, 0.05) is 12.5 Å². The van der Waals surface area contributed by atoms with Gasteiger partial charge >= 0.3 is 0 Å². The first kappa shape index (κ1) is 12.8. The predicted octanol–water partition coefficient (Wildman–Crippen LogP) is 2.69. The highest BCUT2D eigenvalue weighted by Crippen LogP contribution is 2.71. The van der Waals surface area contributed by atoms with Crippen LogP contribution < -0.4 is 5.73 Å². The minimum absolute atomic E-state index is 0.117. The van der Waals surface area contributed by atoms with Crippen molar-refractivity contribution in [3.63, 3.8) is 0 Å². The summed E-state index contributed by atoms with van der Waals surface area (Å²) < 4.78 is 0. The summed E-state index contributed by atoms with van der Waals surface area (Å²) in [7, 11) is 0. The predicted molar refractivity (Wildman–Crippen MR) is 80.3 cm³/mol. The van der Waals surface area contributed by atoms with Crippen molar-refractivity contribution in [2.24, 2.45) is 35.3 Å². The molecule has 20 heavy (non-hydrogen) atoms.